The van der Waals surface area contributed by atoms with Crippen molar-refractivity contribution in [1.29, 1.82) is 5.26 Å². The normalized spacial score (nSPS) is 21.9. The van der Waals surface area contributed by atoms with Crippen molar-refractivity contribution in [2.24, 2.45) is 5.92 Å². The summed E-state index contributed by atoms with van der Waals surface area (Å²) in [6.45, 7) is 4.29. The van der Waals surface area contributed by atoms with E-state index in [1.807, 2.05) is 13.0 Å². The van der Waals surface area contributed by atoms with Crippen molar-refractivity contribution >= 4 is 11.9 Å². The van der Waals surface area contributed by atoms with Crippen LogP contribution < -0.4 is 0 Å². The van der Waals surface area contributed by atoms with Crippen molar-refractivity contribution < 1.29 is 23.8 Å². The molecule has 1 aliphatic carbocycles. The van der Waals surface area contributed by atoms with E-state index >= 15 is 0 Å². The molecule has 1 aliphatic heterocycles. The molecular formula is C22H24N2O5. The lowest BCUT2D eigenvalue weighted by Gasteiger charge is -2.40. The zero-order chi connectivity index (χ0) is 21.0. The van der Waals surface area contributed by atoms with Gasteiger partial charge in [-0.3, -0.25) is 4.79 Å². The monoisotopic (exact) mass is 396 g/mol. The summed E-state index contributed by atoms with van der Waals surface area (Å²) in [6, 6.07) is 9.00. The number of carbonyl (C=O) groups excluding carboxylic acids is 2. The lowest BCUT2D eigenvalue weighted by Crippen LogP contribution is -2.43. The van der Waals surface area contributed by atoms with Crippen LogP contribution in [0.2, 0.25) is 0 Å². The number of morpholine rings is 1. The third-order valence-corrected chi connectivity index (χ3v) is 5.39. The van der Waals surface area contributed by atoms with Gasteiger partial charge in [-0.15, -0.1) is 0 Å². The lowest BCUT2D eigenvalue weighted by atomic mass is 9.73. The van der Waals surface area contributed by atoms with Crippen molar-refractivity contribution in [1.82, 2.24) is 4.90 Å². The summed E-state index contributed by atoms with van der Waals surface area (Å²) in [7, 11) is 2.67. The Kier molecular flexibility index (Phi) is 6.35. The maximum absolute atomic E-state index is 12.9. The molecule has 1 fully saturated rings. The zero-order valence-electron chi connectivity index (χ0n) is 16.8. The Morgan fingerprint density at radius 1 is 1.14 bits per heavy atom. The highest BCUT2D eigenvalue weighted by Gasteiger charge is 2.44. The summed E-state index contributed by atoms with van der Waals surface area (Å²) in [4.78, 5) is 27.7. The maximum Gasteiger partial charge on any atom is 0.334 e. The van der Waals surface area contributed by atoms with Crippen LogP contribution in [0.3, 0.4) is 0 Å². The summed E-state index contributed by atoms with van der Waals surface area (Å²) in [5.41, 5.74) is 3.22. The molecule has 0 radical (unpaired) electrons. The minimum atomic E-state index is -0.705. The fraction of sp³-hybridized carbons (Fsp3) is 0.409. The predicted octanol–water partition coefficient (Wildman–Crippen LogP) is 2.15. The van der Waals surface area contributed by atoms with E-state index < -0.39 is 23.8 Å². The number of nitrogens with zero attached hydrogens (tertiary/aromatic N) is 2. The number of allylic oxidation sites excluding steroid dienone is 2. The van der Waals surface area contributed by atoms with Gasteiger partial charge in [0.2, 0.25) is 0 Å². The average molecular weight is 396 g/mol. The highest BCUT2D eigenvalue weighted by atomic mass is 16.5. The molecule has 1 aromatic rings. The van der Waals surface area contributed by atoms with Crippen molar-refractivity contribution in [2.75, 3.05) is 40.5 Å². The summed E-state index contributed by atoms with van der Waals surface area (Å²) in [5.74, 6) is -2.19. The van der Waals surface area contributed by atoms with E-state index in [9.17, 15) is 9.59 Å². The van der Waals surface area contributed by atoms with Crippen molar-refractivity contribution in [2.45, 2.75) is 12.8 Å². The number of esters is 2. The number of benzene rings is 1. The molecule has 1 saturated heterocycles. The van der Waals surface area contributed by atoms with E-state index in [0.29, 0.717) is 37.4 Å². The van der Waals surface area contributed by atoms with E-state index in [4.69, 9.17) is 19.5 Å². The van der Waals surface area contributed by atoms with Crippen LogP contribution in [-0.4, -0.2) is 57.4 Å². The second-order valence-electron chi connectivity index (χ2n) is 6.97. The maximum atomic E-state index is 12.9. The first-order valence-corrected chi connectivity index (χ1v) is 9.43. The Hall–Kier alpha value is -3.11. The van der Waals surface area contributed by atoms with Crippen LogP contribution in [0.15, 0.2) is 47.2 Å². The second-order valence-corrected chi connectivity index (χ2v) is 6.97. The van der Waals surface area contributed by atoms with Crippen LogP contribution in [0.5, 0.6) is 0 Å². The van der Waals surface area contributed by atoms with Crippen molar-refractivity contribution in [3.8, 4) is 6.07 Å². The highest BCUT2D eigenvalue weighted by molar-refractivity contribution is 5.94. The smallest absolute Gasteiger partial charge is 0.334 e. The molecule has 2 aliphatic rings. The van der Waals surface area contributed by atoms with Crippen LogP contribution in [0.25, 0.3) is 0 Å². The first-order chi connectivity index (χ1) is 14.0. The number of hydrogen-bond donors (Lipinski definition) is 0. The van der Waals surface area contributed by atoms with Crippen LogP contribution in [0, 0.1) is 17.2 Å². The number of nitriles is 1. The quantitative estimate of drug-likeness (QED) is 0.721. The molecule has 2 atom stereocenters. The molecule has 0 bridgehead atoms. The van der Waals surface area contributed by atoms with Gasteiger partial charge in [-0.2, -0.15) is 5.26 Å². The number of carbonyl (C=O) groups is 2. The summed E-state index contributed by atoms with van der Waals surface area (Å²) >= 11 is 0. The van der Waals surface area contributed by atoms with Gasteiger partial charge in [-0.25, -0.2) is 4.79 Å². The van der Waals surface area contributed by atoms with Crippen molar-refractivity contribution in [3.63, 3.8) is 0 Å². The number of ether oxygens (including phenoxy) is 3. The largest absolute Gasteiger partial charge is 0.468 e. The van der Waals surface area contributed by atoms with Gasteiger partial charge in [0.25, 0.3) is 0 Å². The van der Waals surface area contributed by atoms with Gasteiger partial charge in [-0.1, -0.05) is 12.1 Å². The molecule has 0 saturated carbocycles. The Labute approximate surface area is 170 Å². The van der Waals surface area contributed by atoms with Gasteiger partial charge >= 0.3 is 11.9 Å². The fourth-order valence-corrected chi connectivity index (χ4v) is 3.99. The molecule has 1 heterocycles. The van der Waals surface area contributed by atoms with Crippen molar-refractivity contribution in [3.05, 3.63) is 58.3 Å². The Bertz CT molecular complexity index is 889. The van der Waals surface area contributed by atoms with Gasteiger partial charge in [-0.05, 0) is 36.3 Å². The predicted molar refractivity (Wildman–Crippen MR) is 105 cm³/mol. The molecule has 7 heteroatoms. The third-order valence-electron chi connectivity index (χ3n) is 5.39. The molecule has 0 N–H and O–H groups in total. The highest BCUT2D eigenvalue weighted by Crippen LogP contribution is 2.44. The molecule has 0 spiro atoms. The van der Waals surface area contributed by atoms with Crippen LogP contribution in [0.1, 0.15) is 24.0 Å². The minimum absolute atomic E-state index is 0.421. The molecule has 0 amide bonds. The summed E-state index contributed by atoms with van der Waals surface area (Å²) in [6.07, 6.45) is 1.87. The van der Waals surface area contributed by atoms with Gasteiger partial charge in [0.05, 0.1) is 39.1 Å². The summed E-state index contributed by atoms with van der Waals surface area (Å²) < 4.78 is 15.6. The number of hydrogen-bond acceptors (Lipinski definition) is 7. The molecular weight excluding hydrogens is 372 g/mol. The van der Waals surface area contributed by atoms with E-state index in [0.717, 1.165) is 16.8 Å². The molecule has 29 heavy (non-hydrogen) atoms. The molecule has 1 aromatic carbocycles. The van der Waals surface area contributed by atoms with E-state index in [-0.39, 0.29) is 0 Å². The Balaban J connectivity index is 2.18. The van der Waals surface area contributed by atoms with Crippen LogP contribution >= 0.6 is 0 Å². The summed E-state index contributed by atoms with van der Waals surface area (Å²) in [5, 5.41) is 9.11. The minimum Gasteiger partial charge on any atom is -0.468 e. The topological polar surface area (TPSA) is 88.9 Å². The van der Waals surface area contributed by atoms with Gasteiger partial charge in [0.1, 0.15) is 5.92 Å². The fourth-order valence-electron chi connectivity index (χ4n) is 3.99. The molecule has 3 rings (SSSR count). The SMILES string of the molecule is COC(=O)C1=C(C)C=C(N2CCOCC2)[C@H](C(=O)OC)[C@H]1c1ccc(C#N)cc1. The number of rotatable bonds is 4. The standard InChI is InChI=1S/C22H24N2O5/c1-14-12-17(24-8-10-29-11-9-24)20(22(26)28-3)19(18(14)21(25)27-2)16-6-4-15(13-23)5-7-16/h4-7,12,19-20H,8-11H2,1-3H3/t19-,20-/m0/s1. The second kappa shape index (κ2) is 8.93. The van der Waals surface area contributed by atoms with Gasteiger partial charge in [0.15, 0.2) is 0 Å². The third kappa shape index (κ3) is 4.03. The average Bonchev–Trinajstić information content (AvgIpc) is 2.78. The Morgan fingerprint density at radius 3 is 2.34 bits per heavy atom. The molecule has 0 aromatic heterocycles. The van der Waals surface area contributed by atoms with E-state index in [1.165, 1.54) is 14.2 Å². The Morgan fingerprint density at radius 2 is 1.79 bits per heavy atom. The van der Waals surface area contributed by atoms with Crippen LogP contribution in [-0.2, 0) is 23.8 Å². The van der Waals surface area contributed by atoms with Gasteiger partial charge in [0, 0.05) is 30.3 Å². The lowest BCUT2D eigenvalue weighted by molar-refractivity contribution is -0.145. The van der Waals surface area contributed by atoms with Crippen LogP contribution in [0.4, 0.5) is 0 Å². The first kappa shape index (κ1) is 20.6. The first-order valence-electron chi connectivity index (χ1n) is 9.43. The number of methoxy groups -OCH3 is 2. The van der Waals surface area contributed by atoms with E-state index in [1.54, 1.807) is 24.3 Å². The molecule has 0 unspecified atom stereocenters. The molecule has 7 nitrogen and oxygen atoms in total. The van der Waals surface area contributed by atoms with E-state index in [2.05, 4.69) is 11.0 Å². The zero-order valence-corrected chi connectivity index (χ0v) is 16.8. The molecule has 152 valence electrons. The van der Waals surface area contributed by atoms with Gasteiger partial charge < -0.3 is 19.1 Å².